The van der Waals surface area contributed by atoms with Crippen LogP contribution in [-0.4, -0.2) is 36.2 Å². The summed E-state index contributed by atoms with van der Waals surface area (Å²) in [6.45, 7) is 6.48. The van der Waals surface area contributed by atoms with Crippen molar-refractivity contribution in [2.45, 2.75) is 19.2 Å². The second-order valence-corrected chi connectivity index (χ2v) is 5.03. The second-order valence-electron chi connectivity index (χ2n) is 4.09. The van der Waals surface area contributed by atoms with Crippen LogP contribution in [0.3, 0.4) is 0 Å². The molecule has 1 aromatic rings. The van der Waals surface area contributed by atoms with Gasteiger partial charge >= 0.3 is 0 Å². The third-order valence-electron chi connectivity index (χ3n) is 2.83. The average Bonchev–Trinajstić information content (AvgIpc) is 2.31. The lowest BCUT2D eigenvalue weighted by Gasteiger charge is -2.22. The molecule has 1 unspecified atom stereocenters. The highest BCUT2D eigenvalue weighted by Crippen LogP contribution is 2.25. The highest BCUT2D eigenvalue weighted by molar-refractivity contribution is 6.31. The molecule has 0 aliphatic rings. The van der Waals surface area contributed by atoms with Crippen molar-refractivity contribution >= 4 is 23.2 Å². The first-order valence-corrected chi connectivity index (χ1v) is 6.63. The molecule has 1 atom stereocenters. The predicted octanol–water partition coefficient (Wildman–Crippen LogP) is 3.24. The lowest BCUT2D eigenvalue weighted by atomic mass is 10.1. The summed E-state index contributed by atoms with van der Waals surface area (Å²) >= 11 is 12.4. The summed E-state index contributed by atoms with van der Waals surface area (Å²) in [5, 5.41) is 9.62. The van der Waals surface area contributed by atoms with Crippen LogP contribution in [0.5, 0.6) is 0 Å². The molecule has 0 saturated carbocycles. The Morgan fingerprint density at radius 1 is 1.41 bits per heavy atom. The molecule has 0 fully saturated rings. The van der Waals surface area contributed by atoms with Gasteiger partial charge in [0.1, 0.15) is 0 Å². The fraction of sp³-hybridized carbons (Fsp3) is 0.538. The normalized spacial score (nSPS) is 13.1. The van der Waals surface area contributed by atoms with Gasteiger partial charge in [0.25, 0.3) is 0 Å². The van der Waals surface area contributed by atoms with Gasteiger partial charge in [-0.2, -0.15) is 0 Å². The van der Waals surface area contributed by atoms with E-state index in [-0.39, 0.29) is 12.0 Å². The summed E-state index contributed by atoms with van der Waals surface area (Å²) in [7, 11) is 0. The monoisotopic (exact) mass is 275 g/mol. The molecule has 4 heteroatoms. The molecular weight excluding hydrogens is 257 g/mol. The van der Waals surface area contributed by atoms with Crippen LogP contribution in [0.2, 0.25) is 5.02 Å². The van der Waals surface area contributed by atoms with E-state index >= 15 is 0 Å². The molecular formula is C13H19Cl2NO. The summed E-state index contributed by atoms with van der Waals surface area (Å²) in [6.07, 6.45) is 0. The zero-order valence-corrected chi connectivity index (χ0v) is 11.8. The highest BCUT2D eigenvalue weighted by Gasteiger charge is 2.13. The zero-order chi connectivity index (χ0) is 12.8. The summed E-state index contributed by atoms with van der Waals surface area (Å²) < 4.78 is 0. The maximum absolute atomic E-state index is 8.93. The Labute approximate surface area is 113 Å². The number of nitrogens with zero attached hydrogens (tertiary/aromatic N) is 1. The molecule has 1 rings (SSSR count). The lowest BCUT2D eigenvalue weighted by molar-refractivity contribution is 0.202. The molecule has 0 aromatic heterocycles. The Morgan fingerprint density at radius 2 is 2.12 bits per heavy atom. The standard InChI is InChI=1S/C13H19Cl2NO/c1-3-16(6-7-17)9-13(15)11-4-5-12(14)10(2)8-11/h4-5,8,13,17H,3,6-7,9H2,1-2H3. The molecule has 0 radical (unpaired) electrons. The third-order valence-corrected chi connectivity index (χ3v) is 3.64. The van der Waals surface area contributed by atoms with Crippen LogP contribution in [0.25, 0.3) is 0 Å². The Hall–Kier alpha value is -0.280. The van der Waals surface area contributed by atoms with E-state index < -0.39 is 0 Å². The maximum atomic E-state index is 8.93. The molecule has 1 N–H and O–H groups in total. The first-order valence-electron chi connectivity index (χ1n) is 5.81. The predicted molar refractivity (Wildman–Crippen MR) is 74.0 cm³/mol. The largest absolute Gasteiger partial charge is 0.395 e. The van der Waals surface area contributed by atoms with Crippen LogP contribution in [0.4, 0.5) is 0 Å². The van der Waals surface area contributed by atoms with Gasteiger partial charge in [0.15, 0.2) is 0 Å². The van der Waals surface area contributed by atoms with Gasteiger partial charge in [0.05, 0.1) is 12.0 Å². The summed E-state index contributed by atoms with van der Waals surface area (Å²) in [4.78, 5) is 2.13. The first kappa shape index (κ1) is 14.8. The number of benzene rings is 1. The third kappa shape index (κ3) is 4.47. The van der Waals surface area contributed by atoms with Crippen LogP contribution in [0.1, 0.15) is 23.4 Å². The van der Waals surface area contributed by atoms with Gasteiger partial charge in [-0.25, -0.2) is 0 Å². The number of hydrogen-bond donors (Lipinski definition) is 1. The molecule has 17 heavy (non-hydrogen) atoms. The van der Waals surface area contributed by atoms with Gasteiger partial charge < -0.3 is 5.11 Å². The van der Waals surface area contributed by atoms with Gasteiger partial charge in [0.2, 0.25) is 0 Å². The van der Waals surface area contributed by atoms with E-state index in [1.54, 1.807) is 0 Å². The summed E-state index contributed by atoms with van der Waals surface area (Å²) in [5.74, 6) is 0. The van der Waals surface area contributed by atoms with Crippen molar-refractivity contribution in [1.82, 2.24) is 4.90 Å². The first-order chi connectivity index (χ1) is 8.08. The number of rotatable bonds is 6. The molecule has 0 aliphatic heterocycles. The van der Waals surface area contributed by atoms with Crippen molar-refractivity contribution in [3.05, 3.63) is 34.3 Å². The van der Waals surface area contributed by atoms with Crippen LogP contribution >= 0.6 is 23.2 Å². The minimum absolute atomic E-state index is 0.0718. The molecule has 0 bridgehead atoms. The minimum Gasteiger partial charge on any atom is -0.395 e. The number of aryl methyl sites for hydroxylation is 1. The topological polar surface area (TPSA) is 23.5 Å². The number of halogens is 2. The van der Waals surface area contributed by atoms with Gasteiger partial charge in [-0.1, -0.05) is 30.7 Å². The molecule has 0 aliphatic carbocycles. The lowest BCUT2D eigenvalue weighted by Crippen LogP contribution is -2.29. The van der Waals surface area contributed by atoms with Crippen LogP contribution < -0.4 is 0 Å². The average molecular weight is 276 g/mol. The zero-order valence-electron chi connectivity index (χ0n) is 10.3. The molecule has 1 aromatic carbocycles. The van der Waals surface area contributed by atoms with Crippen LogP contribution in [0.15, 0.2) is 18.2 Å². The van der Waals surface area contributed by atoms with Crippen LogP contribution in [0, 0.1) is 6.92 Å². The Morgan fingerprint density at radius 3 is 2.65 bits per heavy atom. The Balaban J connectivity index is 2.68. The molecule has 0 heterocycles. The quantitative estimate of drug-likeness (QED) is 0.806. The number of likely N-dealkylation sites (N-methyl/N-ethyl adjacent to an activating group) is 1. The fourth-order valence-corrected chi connectivity index (χ4v) is 2.16. The molecule has 0 amide bonds. The van der Waals surface area contributed by atoms with Gasteiger partial charge in [-0.05, 0) is 30.7 Å². The Bertz CT molecular complexity index is 357. The van der Waals surface area contributed by atoms with Crippen molar-refractivity contribution in [2.75, 3.05) is 26.2 Å². The molecule has 0 saturated heterocycles. The van der Waals surface area contributed by atoms with E-state index in [0.717, 1.165) is 29.2 Å². The van der Waals surface area contributed by atoms with Gasteiger partial charge in [0, 0.05) is 18.1 Å². The number of hydrogen-bond acceptors (Lipinski definition) is 2. The number of aliphatic hydroxyl groups is 1. The van der Waals surface area contributed by atoms with Crippen molar-refractivity contribution < 1.29 is 5.11 Å². The molecule has 0 spiro atoms. The van der Waals surface area contributed by atoms with Crippen molar-refractivity contribution in [3.8, 4) is 0 Å². The molecule has 2 nitrogen and oxygen atoms in total. The van der Waals surface area contributed by atoms with E-state index in [1.807, 2.05) is 25.1 Å². The second kappa shape index (κ2) is 7.22. The smallest absolute Gasteiger partial charge is 0.0712 e. The van der Waals surface area contributed by atoms with Crippen molar-refractivity contribution in [2.24, 2.45) is 0 Å². The van der Waals surface area contributed by atoms with Gasteiger partial charge in [-0.3, -0.25) is 4.90 Å². The fourth-order valence-electron chi connectivity index (χ4n) is 1.71. The van der Waals surface area contributed by atoms with Gasteiger partial charge in [-0.15, -0.1) is 11.6 Å². The van der Waals surface area contributed by atoms with E-state index in [9.17, 15) is 0 Å². The SMILES string of the molecule is CCN(CCO)CC(Cl)c1ccc(Cl)c(C)c1. The van der Waals surface area contributed by atoms with E-state index in [2.05, 4.69) is 11.8 Å². The number of alkyl halides is 1. The minimum atomic E-state index is -0.0718. The van der Waals surface area contributed by atoms with E-state index in [0.29, 0.717) is 6.54 Å². The Kier molecular flexibility index (Phi) is 6.28. The van der Waals surface area contributed by atoms with E-state index in [4.69, 9.17) is 28.3 Å². The van der Waals surface area contributed by atoms with Crippen molar-refractivity contribution in [3.63, 3.8) is 0 Å². The highest BCUT2D eigenvalue weighted by atomic mass is 35.5. The summed E-state index contributed by atoms with van der Waals surface area (Å²) in [6, 6.07) is 5.86. The van der Waals surface area contributed by atoms with Crippen LogP contribution in [-0.2, 0) is 0 Å². The number of aliphatic hydroxyl groups excluding tert-OH is 1. The maximum Gasteiger partial charge on any atom is 0.0712 e. The summed E-state index contributed by atoms with van der Waals surface area (Å²) in [5.41, 5.74) is 2.12. The molecule has 96 valence electrons. The van der Waals surface area contributed by atoms with E-state index in [1.165, 1.54) is 0 Å². The van der Waals surface area contributed by atoms with Crippen molar-refractivity contribution in [1.29, 1.82) is 0 Å².